The Morgan fingerprint density at radius 2 is 1.89 bits per heavy atom. The van der Waals surface area contributed by atoms with Gasteiger partial charge in [0, 0.05) is 31.0 Å². The molecule has 3 rings (SSSR count). The highest BCUT2D eigenvalue weighted by Gasteiger charge is 2.23. The monoisotopic (exact) mass is 405 g/mol. The van der Waals surface area contributed by atoms with Gasteiger partial charge in [-0.25, -0.2) is 16.8 Å². The van der Waals surface area contributed by atoms with E-state index in [1.165, 1.54) is 30.5 Å². The largest absolute Gasteiger partial charge is 0.508 e. The third-order valence-electron chi connectivity index (χ3n) is 4.07. The Bertz CT molecular complexity index is 1090. The summed E-state index contributed by atoms with van der Waals surface area (Å²) in [5.74, 6) is -0.564. The minimum absolute atomic E-state index is 0.0125. The summed E-state index contributed by atoms with van der Waals surface area (Å²) >= 11 is 0. The third-order valence-corrected chi connectivity index (χ3v) is 5.74. The molecule has 0 aliphatic rings. The molecule has 28 heavy (non-hydrogen) atoms. The Labute approximate surface area is 162 Å². The molecule has 0 radical (unpaired) electrons. The zero-order valence-electron chi connectivity index (χ0n) is 15.4. The van der Waals surface area contributed by atoms with Gasteiger partial charge in [0.2, 0.25) is 0 Å². The van der Waals surface area contributed by atoms with Crippen molar-refractivity contribution in [2.45, 2.75) is 11.8 Å². The Hall–Kier alpha value is -2.84. The van der Waals surface area contributed by atoms with Crippen molar-refractivity contribution in [1.82, 2.24) is 3.97 Å². The molecule has 0 fully saturated rings. The first-order chi connectivity index (χ1) is 13.3. The Morgan fingerprint density at radius 3 is 2.61 bits per heavy atom. The van der Waals surface area contributed by atoms with E-state index >= 15 is 0 Å². The summed E-state index contributed by atoms with van der Waals surface area (Å²) in [6.45, 7) is 2.38. The zero-order valence-corrected chi connectivity index (χ0v) is 16.2. The summed E-state index contributed by atoms with van der Waals surface area (Å²) in [7, 11) is -2.46. The van der Waals surface area contributed by atoms with E-state index in [1.54, 1.807) is 32.2 Å². The average Bonchev–Trinajstić information content (AvgIpc) is 3.04. The quantitative estimate of drug-likeness (QED) is 0.608. The van der Waals surface area contributed by atoms with Crippen LogP contribution in [0.1, 0.15) is 5.56 Å². The van der Waals surface area contributed by atoms with E-state index in [4.69, 9.17) is 9.47 Å². The molecule has 0 atom stereocenters. The van der Waals surface area contributed by atoms with Gasteiger partial charge < -0.3 is 14.6 Å². The molecule has 0 amide bonds. The van der Waals surface area contributed by atoms with Crippen molar-refractivity contribution >= 4 is 10.0 Å². The van der Waals surface area contributed by atoms with Crippen LogP contribution in [0.3, 0.4) is 0 Å². The van der Waals surface area contributed by atoms with Crippen molar-refractivity contribution in [3.63, 3.8) is 0 Å². The average molecular weight is 405 g/mol. The Morgan fingerprint density at radius 1 is 1.11 bits per heavy atom. The maximum atomic E-state index is 14.4. The number of methoxy groups -OCH3 is 1. The summed E-state index contributed by atoms with van der Waals surface area (Å²) in [5, 5.41) is 9.43. The van der Waals surface area contributed by atoms with Crippen LogP contribution in [0.5, 0.6) is 11.5 Å². The van der Waals surface area contributed by atoms with E-state index in [0.717, 1.165) is 10.0 Å². The van der Waals surface area contributed by atoms with Gasteiger partial charge in [0.1, 0.15) is 23.9 Å². The summed E-state index contributed by atoms with van der Waals surface area (Å²) in [6.07, 6.45) is 1.43. The molecule has 8 heteroatoms. The van der Waals surface area contributed by atoms with Gasteiger partial charge in [-0.05, 0) is 42.8 Å². The van der Waals surface area contributed by atoms with Crippen molar-refractivity contribution in [3.05, 3.63) is 66.1 Å². The lowest BCUT2D eigenvalue weighted by atomic mass is 10.1. The number of aryl methyl sites for hydroxylation is 1. The number of nitrogens with zero attached hydrogens (tertiary/aromatic N) is 1. The first-order valence-electron chi connectivity index (χ1n) is 8.48. The lowest BCUT2D eigenvalue weighted by Crippen LogP contribution is -2.14. The van der Waals surface area contributed by atoms with E-state index in [1.807, 2.05) is 0 Å². The first-order valence-corrected chi connectivity index (χ1v) is 9.92. The molecule has 0 aliphatic carbocycles. The fourth-order valence-corrected chi connectivity index (χ4v) is 4.22. The molecular formula is C20H20FNO5S. The first kappa shape index (κ1) is 19.9. The van der Waals surface area contributed by atoms with Crippen molar-refractivity contribution in [2.75, 3.05) is 20.3 Å². The summed E-state index contributed by atoms with van der Waals surface area (Å²) < 4.78 is 52.2. The number of aromatic nitrogens is 1. The molecule has 1 heterocycles. The molecular weight excluding hydrogens is 385 g/mol. The van der Waals surface area contributed by atoms with Gasteiger partial charge in [0.25, 0.3) is 10.0 Å². The lowest BCUT2D eigenvalue weighted by molar-refractivity contribution is 0.146. The minimum Gasteiger partial charge on any atom is -0.508 e. The van der Waals surface area contributed by atoms with Crippen LogP contribution < -0.4 is 4.74 Å². The van der Waals surface area contributed by atoms with Crippen LogP contribution in [0.4, 0.5) is 4.39 Å². The van der Waals surface area contributed by atoms with Crippen LogP contribution in [0.15, 0.2) is 59.6 Å². The normalized spacial score (nSPS) is 11.5. The zero-order chi connectivity index (χ0) is 20.3. The molecule has 2 aromatic carbocycles. The van der Waals surface area contributed by atoms with Crippen LogP contribution in [-0.2, 0) is 14.8 Å². The molecule has 148 valence electrons. The number of benzene rings is 2. The second kappa shape index (κ2) is 8.04. The van der Waals surface area contributed by atoms with E-state index in [0.29, 0.717) is 17.9 Å². The smallest absolute Gasteiger partial charge is 0.268 e. The SMILES string of the molecule is COCCOc1cccc(S(=O)(=O)n2cc(C)cc2-c2ccc(O)cc2F)c1. The van der Waals surface area contributed by atoms with Crippen LogP contribution in [0.25, 0.3) is 11.3 Å². The van der Waals surface area contributed by atoms with Gasteiger partial charge in [0.05, 0.1) is 17.2 Å². The third kappa shape index (κ3) is 4.02. The second-order valence-corrected chi connectivity index (χ2v) is 8.00. The fraction of sp³-hybridized carbons (Fsp3) is 0.200. The standard InChI is InChI=1S/C20H20FNO5S/c1-14-10-20(18-7-6-15(23)11-19(18)21)22(13-14)28(24,25)17-5-3-4-16(12-17)27-9-8-26-2/h3-7,10-13,23H,8-9H2,1-2H3. The molecule has 6 nitrogen and oxygen atoms in total. The van der Waals surface area contributed by atoms with E-state index in [-0.39, 0.29) is 28.5 Å². The van der Waals surface area contributed by atoms with Gasteiger partial charge in [-0.2, -0.15) is 0 Å². The van der Waals surface area contributed by atoms with Crippen molar-refractivity contribution in [1.29, 1.82) is 0 Å². The van der Waals surface area contributed by atoms with E-state index in [2.05, 4.69) is 0 Å². The number of phenols is 1. The summed E-state index contributed by atoms with van der Waals surface area (Å²) in [5.41, 5.74) is 0.890. The molecule has 0 saturated carbocycles. The molecule has 3 aromatic rings. The predicted octanol–water partition coefficient (Wildman–Crippen LogP) is 3.57. The van der Waals surface area contributed by atoms with Crippen LogP contribution >= 0.6 is 0 Å². The highest BCUT2D eigenvalue weighted by molar-refractivity contribution is 7.90. The molecule has 0 unspecified atom stereocenters. The summed E-state index contributed by atoms with van der Waals surface area (Å²) in [4.78, 5) is 0.0125. The van der Waals surface area contributed by atoms with Crippen molar-refractivity contribution in [2.24, 2.45) is 0 Å². The van der Waals surface area contributed by atoms with Gasteiger partial charge in [-0.1, -0.05) is 6.07 Å². The number of halogens is 1. The maximum Gasteiger partial charge on any atom is 0.268 e. The van der Waals surface area contributed by atoms with Gasteiger partial charge in [0.15, 0.2) is 0 Å². The number of rotatable bonds is 7. The van der Waals surface area contributed by atoms with Gasteiger partial charge in [-0.15, -0.1) is 0 Å². The molecule has 1 N–H and O–H groups in total. The highest BCUT2D eigenvalue weighted by atomic mass is 32.2. The molecule has 0 spiro atoms. The molecule has 0 aliphatic heterocycles. The van der Waals surface area contributed by atoms with Crippen molar-refractivity contribution in [3.8, 4) is 22.8 Å². The fourth-order valence-electron chi connectivity index (χ4n) is 2.76. The van der Waals surface area contributed by atoms with Gasteiger partial charge >= 0.3 is 0 Å². The molecule has 0 bridgehead atoms. The number of aromatic hydroxyl groups is 1. The lowest BCUT2D eigenvalue weighted by Gasteiger charge is -2.13. The Kier molecular flexibility index (Phi) is 5.71. The number of ether oxygens (including phenoxy) is 2. The highest BCUT2D eigenvalue weighted by Crippen LogP contribution is 2.31. The Balaban J connectivity index is 2.05. The van der Waals surface area contributed by atoms with Crippen LogP contribution in [0.2, 0.25) is 0 Å². The number of hydrogen-bond donors (Lipinski definition) is 1. The summed E-state index contributed by atoms with van der Waals surface area (Å²) in [6, 6.07) is 11.3. The van der Waals surface area contributed by atoms with Crippen LogP contribution in [-0.4, -0.2) is 37.8 Å². The topological polar surface area (TPSA) is 77.8 Å². The molecule has 1 aromatic heterocycles. The van der Waals surface area contributed by atoms with E-state index in [9.17, 15) is 17.9 Å². The van der Waals surface area contributed by atoms with Crippen molar-refractivity contribution < 1.29 is 27.4 Å². The van der Waals surface area contributed by atoms with Gasteiger partial charge in [-0.3, -0.25) is 0 Å². The number of hydrogen-bond acceptors (Lipinski definition) is 5. The van der Waals surface area contributed by atoms with Crippen LogP contribution in [0, 0.1) is 12.7 Å². The molecule has 0 saturated heterocycles. The predicted molar refractivity (Wildman–Crippen MR) is 103 cm³/mol. The maximum absolute atomic E-state index is 14.4. The van der Waals surface area contributed by atoms with E-state index < -0.39 is 15.8 Å². The second-order valence-electron chi connectivity index (χ2n) is 6.18. The minimum atomic E-state index is -4.00. The number of phenolic OH excluding ortho intramolecular Hbond substituents is 1.